The van der Waals surface area contributed by atoms with Crippen LogP contribution in [-0.4, -0.2) is 29.7 Å². The van der Waals surface area contributed by atoms with E-state index in [1.807, 2.05) is 40.6 Å². The van der Waals surface area contributed by atoms with Crippen molar-refractivity contribution >= 4 is 43.4 Å². The van der Waals surface area contributed by atoms with E-state index in [1.54, 1.807) is 18.3 Å². The molecule has 7 heteroatoms. The molecule has 0 aliphatic heterocycles. The maximum atomic E-state index is 11.3. The smallest absolute Gasteiger partial charge is 0.268 e. The molecule has 0 aliphatic carbocycles. The summed E-state index contributed by atoms with van der Waals surface area (Å²) in [7, 11) is -4.00. The van der Waals surface area contributed by atoms with Gasteiger partial charge in [-0.25, -0.2) is 0 Å². The Morgan fingerprint density at radius 1 is 1.42 bits per heavy atom. The van der Waals surface area contributed by atoms with Crippen molar-refractivity contribution in [2.75, 3.05) is 6.26 Å². The molecule has 0 aliphatic rings. The van der Waals surface area contributed by atoms with E-state index in [9.17, 15) is 13.0 Å². The molecule has 2 aromatic rings. The zero-order valence-electron chi connectivity index (χ0n) is 10.7. The highest BCUT2D eigenvalue weighted by atomic mass is 32.2. The number of hydrogen-bond donors (Lipinski definition) is 1. The molecule has 0 radical (unpaired) electrons. The maximum absolute atomic E-state index is 11.3. The summed E-state index contributed by atoms with van der Waals surface area (Å²) in [6, 6.07) is 8.00. The molecule has 1 N–H and O–H groups in total. The Bertz CT molecular complexity index is 666. The van der Waals surface area contributed by atoms with E-state index >= 15 is 0 Å². The summed E-state index contributed by atoms with van der Waals surface area (Å²) in [5.74, 6) is 0. The van der Waals surface area contributed by atoms with Crippen LogP contribution in [0.15, 0.2) is 29.8 Å². The van der Waals surface area contributed by atoms with Crippen LogP contribution in [0.3, 0.4) is 0 Å². The van der Waals surface area contributed by atoms with Crippen LogP contribution in [-0.2, 0) is 16.7 Å². The minimum atomic E-state index is -4.00. The molecule has 0 saturated carbocycles. The monoisotopic (exact) mass is 318 g/mol. The van der Waals surface area contributed by atoms with Crippen LogP contribution in [0.5, 0.6) is 0 Å². The fourth-order valence-electron chi connectivity index (χ4n) is 1.91. The molecule has 1 aromatic heterocycles. The standard InChI is InChI=1S/C12H15NO3S3/c1-9(19(14,15)16)12(17-2)7-13-8-18-11-6-4-3-5-10(11)13/h3-6,8-9,12H,7H2,1-2H3/p+1. The van der Waals surface area contributed by atoms with Gasteiger partial charge in [-0.05, 0) is 19.2 Å². The van der Waals surface area contributed by atoms with Crippen molar-refractivity contribution in [2.24, 2.45) is 0 Å². The molecule has 0 bridgehead atoms. The topological polar surface area (TPSA) is 58.2 Å². The Morgan fingerprint density at radius 2 is 2.11 bits per heavy atom. The number of hydrogen-bond acceptors (Lipinski definition) is 4. The molecule has 0 amide bonds. The van der Waals surface area contributed by atoms with Gasteiger partial charge < -0.3 is 0 Å². The van der Waals surface area contributed by atoms with E-state index in [1.165, 1.54) is 16.5 Å². The summed E-state index contributed by atoms with van der Waals surface area (Å²) >= 11 is 3.08. The summed E-state index contributed by atoms with van der Waals surface area (Å²) in [6.45, 7) is 2.11. The number of thioether (sulfide) groups is 1. The number of nitrogens with zero attached hydrogens (tertiary/aromatic N) is 1. The lowest BCUT2D eigenvalue weighted by atomic mass is 10.3. The van der Waals surface area contributed by atoms with Gasteiger partial charge in [0, 0.05) is 6.07 Å². The quantitative estimate of drug-likeness (QED) is 0.678. The van der Waals surface area contributed by atoms with Gasteiger partial charge in [0.1, 0.15) is 9.95 Å². The molecule has 0 saturated heterocycles. The number of thiazole rings is 1. The molecule has 0 fully saturated rings. The van der Waals surface area contributed by atoms with Crippen molar-refractivity contribution in [3.63, 3.8) is 0 Å². The predicted molar refractivity (Wildman–Crippen MR) is 80.3 cm³/mol. The molecule has 2 atom stereocenters. The van der Waals surface area contributed by atoms with Crippen LogP contribution in [0.1, 0.15) is 6.92 Å². The molecular weight excluding hydrogens is 302 g/mol. The molecule has 19 heavy (non-hydrogen) atoms. The first-order valence-electron chi connectivity index (χ1n) is 5.78. The molecule has 1 aromatic carbocycles. The van der Waals surface area contributed by atoms with Gasteiger partial charge in [0.2, 0.25) is 11.0 Å². The summed E-state index contributed by atoms with van der Waals surface area (Å²) in [6.07, 6.45) is 1.86. The van der Waals surface area contributed by atoms with Crippen molar-refractivity contribution in [1.29, 1.82) is 0 Å². The maximum Gasteiger partial charge on any atom is 0.268 e. The highest BCUT2D eigenvalue weighted by Gasteiger charge is 2.31. The minimum Gasteiger partial charge on any atom is -0.285 e. The van der Waals surface area contributed by atoms with Gasteiger partial charge in [-0.3, -0.25) is 4.55 Å². The Hall–Kier alpha value is -0.630. The largest absolute Gasteiger partial charge is 0.285 e. The molecular formula is C12H16NO3S3+. The summed E-state index contributed by atoms with van der Waals surface area (Å²) in [5.41, 5.74) is 3.08. The zero-order chi connectivity index (χ0) is 14.0. The third kappa shape index (κ3) is 3.28. The number of fused-ring (bicyclic) bond motifs is 1. The third-order valence-corrected chi connectivity index (χ3v) is 6.72. The average Bonchev–Trinajstić information content (AvgIpc) is 2.77. The van der Waals surface area contributed by atoms with Gasteiger partial charge in [0.25, 0.3) is 10.1 Å². The lowest BCUT2D eigenvalue weighted by molar-refractivity contribution is -0.666. The fourth-order valence-corrected chi connectivity index (χ4v) is 4.73. The minimum absolute atomic E-state index is 0.182. The van der Waals surface area contributed by atoms with E-state index in [2.05, 4.69) is 0 Å². The van der Waals surface area contributed by atoms with Crippen LogP contribution in [0, 0.1) is 0 Å². The van der Waals surface area contributed by atoms with E-state index in [4.69, 9.17) is 0 Å². The Kier molecular flexibility index (Phi) is 4.50. The van der Waals surface area contributed by atoms with E-state index in [-0.39, 0.29) is 5.25 Å². The average molecular weight is 318 g/mol. The second kappa shape index (κ2) is 5.78. The Balaban J connectivity index is 2.28. The van der Waals surface area contributed by atoms with Crippen LogP contribution in [0.4, 0.5) is 0 Å². The summed E-state index contributed by atoms with van der Waals surface area (Å²) < 4.78 is 34.9. The first kappa shape index (κ1) is 14.8. The third-order valence-electron chi connectivity index (χ3n) is 3.15. The van der Waals surface area contributed by atoms with Gasteiger partial charge in [-0.1, -0.05) is 23.5 Å². The van der Waals surface area contributed by atoms with Gasteiger partial charge in [0.15, 0.2) is 6.54 Å². The van der Waals surface area contributed by atoms with Gasteiger partial charge in [-0.15, -0.1) is 0 Å². The van der Waals surface area contributed by atoms with E-state index in [0.717, 1.165) is 5.52 Å². The second-order valence-electron chi connectivity index (χ2n) is 4.34. The first-order valence-corrected chi connectivity index (χ1v) is 9.45. The first-order chi connectivity index (χ1) is 8.93. The SMILES string of the molecule is CSC(C[n+]1csc2ccccc21)C(C)S(=O)(=O)O. The van der Waals surface area contributed by atoms with Crippen LogP contribution >= 0.6 is 23.1 Å². The second-order valence-corrected chi connectivity index (χ2v) is 8.07. The van der Waals surface area contributed by atoms with Gasteiger partial charge >= 0.3 is 0 Å². The highest BCUT2D eigenvalue weighted by molar-refractivity contribution is 8.00. The molecule has 1 heterocycles. The van der Waals surface area contributed by atoms with Gasteiger partial charge in [0.05, 0.1) is 5.25 Å². The number of rotatable bonds is 5. The van der Waals surface area contributed by atoms with Crippen LogP contribution < -0.4 is 4.57 Å². The number of aromatic nitrogens is 1. The zero-order valence-corrected chi connectivity index (χ0v) is 13.1. The molecule has 0 spiro atoms. The van der Waals surface area contributed by atoms with Crippen molar-refractivity contribution in [3.8, 4) is 0 Å². The molecule has 4 nitrogen and oxygen atoms in total. The lowest BCUT2D eigenvalue weighted by Gasteiger charge is -2.16. The fraction of sp³-hybridized carbons (Fsp3) is 0.417. The van der Waals surface area contributed by atoms with E-state index < -0.39 is 15.4 Å². The van der Waals surface area contributed by atoms with Gasteiger partial charge in [-0.2, -0.15) is 24.7 Å². The van der Waals surface area contributed by atoms with Crippen LogP contribution in [0.2, 0.25) is 0 Å². The molecule has 2 unspecified atom stereocenters. The van der Waals surface area contributed by atoms with Crippen molar-refractivity contribution in [3.05, 3.63) is 29.8 Å². The summed E-state index contributed by atoms with van der Waals surface area (Å²) in [5, 5.41) is -0.966. The number of benzene rings is 1. The predicted octanol–water partition coefficient (Wildman–Crippen LogP) is 2.20. The number of para-hydroxylation sites is 1. The van der Waals surface area contributed by atoms with E-state index in [0.29, 0.717) is 6.54 Å². The Morgan fingerprint density at radius 3 is 2.74 bits per heavy atom. The van der Waals surface area contributed by atoms with Crippen molar-refractivity contribution in [2.45, 2.75) is 24.0 Å². The highest BCUT2D eigenvalue weighted by Crippen LogP contribution is 2.20. The van der Waals surface area contributed by atoms with Crippen LogP contribution in [0.25, 0.3) is 10.2 Å². The molecule has 104 valence electrons. The molecule has 2 rings (SSSR count). The Labute approximate surface area is 121 Å². The summed E-state index contributed by atoms with van der Waals surface area (Å²) in [4.78, 5) is 0. The van der Waals surface area contributed by atoms with Crippen molar-refractivity contribution < 1.29 is 17.5 Å². The lowest BCUT2D eigenvalue weighted by Crippen LogP contribution is -2.43. The van der Waals surface area contributed by atoms with Crippen molar-refractivity contribution in [1.82, 2.24) is 0 Å². The normalized spacial score (nSPS) is 15.5.